The third kappa shape index (κ3) is 7.12. The Bertz CT molecular complexity index is 2750. The predicted molar refractivity (Wildman–Crippen MR) is 229 cm³/mol. The minimum Gasteiger partial charge on any atom is -0.503 e. The molecule has 0 fully saturated rings. The monoisotopic (exact) mass is 915 g/mol. The van der Waals surface area contributed by atoms with E-state index in [4.69, 9.17) is 14.5 Å². The average molecular weight is 915 g/mol. The molecular weight excluding hydrogens is 876 g/mol. The van der Waals surface area contributed by atoms with Crippen LogP contribution in [0.5, 0.6) is 23.0 Å². The first-order chi connectivity index (χ1) is 27.3. The fourth-order valence-corrected chi connectivity index (χ4v) is 7.90. The molecule has 0 aliphatic carbocycles. The third-order valence-corrected chi connectivity index (χ3v) is 10.9. The molecule has 2 aromatic heterocycles. The fourth-order valence-electron chi connectivity index (χ4n) is 7.90. The van der Waals surface area contributed by atoms with Crippen molar-refractivity contribution in [3.63, 3.8) is 0 Å². The van der Waals surface area contributed by atoms with Gasteiger partial charge in [-0.25, -0.2) is 0 Å². The molecular formula is C51H39BIrN2O2-2. The van der Waals surface area contributed by atoms with Gasteiger partial charge < -0.3 is 19.4 Å². The van der Waals surface area contributed by atoms with Gasteiger partial charge in [-0.3, -0.25) is 0 Å². The summed E-state index contributed by atoms with van der Waals surface area (Å²) in [4.78, 5) is 9.40. The topological polar surface area (TPSA) is 44.2 Å². The van der Waals surface area contributed by atoms with Gasteiger partial charge in [-0.15, -0.1) is 53.0 Å². The Morgan fingerprint density at radius 1 is 0.526 bits per heavy atom. The second kappa shape index (κ2) is 15.8. The van der Waals surface area contributed by atoms with Crippen LogP contribution in [0.25, 0.3) is 44.8 Å². The van der Waals surface area contributed by atoms with E-state index in [9.17, 15) is 0 Å². The van der Waals surface area contributed by atoms with Crippen molar-refractivity contribution in [3.8, 4) is 67.8 Å². The number of aryl methyl sites for hydroxylation is 5. The van der Waals surface area contributed by atoms with Gasteiger partial charge in [0.15, 0.2) is 0 Å². The van der Waals surface area contributed by atoms with E-state index in [0.717, 1.165) is 67.5 Å². The van der Waals surface area contributed by atoms with Crippen LogP contribution in [0.15, 0.2) is 146 Å². The first-order valence-electron chi connectivity index (χ1n) is 19.0. The predicted octanol–water partition coefficient (Wildman–Crippen LogP) is 10.7. The number of aromatic nitrogens is 2. The van der Waals surface area contributed by atoms with Crippen LogP contribution in [0.4, 0.5) is 0 Å². The summed E-state index contributed by atoms with van der Waals surface area (Å²) in [5.41, 5.74) is 18.1. The van der Waals surface area contributed by atoms with Gasteiger partial charge in [0, 0.05) is 43.7 Å². The van der Waals surface area contributed by atoms with Gasteiger partial charge in [0.1, 0.15) is 17.2 Å². The van der Waals surface area contributed by atoms with E-state index in [-0.39, 0.29) is 26.8 Å². The van der Waals surface area contributed by atoms with Crippen LogP contribution in [0.2, 0.25) is 0 Å². The zero-order chi connectivity index (χ0) is 38.3. The molecule has 2 aliphatic rings. The van der Waals surface area contributed by atoms with Crippen LogP contribution in [-0.4, -0.2) is 16.7 Å². The van der Waals surface area contributed by atoms with Gasteiger partial charge in [-0.05, 0) is 96.1 Å². The Kier molecular flexibility index (Phi) is 10.5. The standard InChI is InChI=1S/C31H21BNO2.C20H18N.Ir/c1-19-8-5-9-20(2)29(19)21-16-17-25(33-18-21)22-10-6-12-24-31(22)35-28-15-7-14-27-30(28)32(24)23-11-3-4-13-26(23)34-27;1-14-9-10-18(20-11-15(2)16(3)13-21-20)12-19(14)17-7-5-4-6-8-17;/h3-9,11-18H,1-2H3;4-9,11-13H,1-3H3;/q2*-1;. The van der Waals surface area contributed by atoms with Gasteiger partial charge in [0.25, 0.3) is 0 Å². The Labute approximate surface area is 349 Å². The Hall–Kier alpha value is -6.07. The molecule has 0 bridgehead atoms. The van der Waals surface area contributed by atoms with Crippen LogP contribution in [-0.2, 0) is 20.1 Å². The molecule has 0 N–H and O–H groups in total. The maximum Gasteiger partial charge on any atom is 0.241 e. The molecule has 8 aromatic rings. The number of hydrogen-bond acceptors (Lipinski definition) is 4. The maximum absolute atomic E-state index is 6.53. The minimum absolute atomic E-state index is 0. The minimum atomic E-state index is 0. The van der Waals surface area contributed by atoms with Crippen molar-refractivity contribution in [2.75, 3.05) is 0 Å². The largest absolute Gasteiger partial charge is 0.503 e. The second-order valence-corrected chi connectivity index (χ2v) is 14.6. The van der Waals surface area contributed by atoms with E-state index in [1.165, 1.54) is 44.5 Å². The first kappa shape index (κ1) is 37.8. The normalized spacial score (nSPS) is 11.7. The molecule has 0 atom stereocenters. The number of fused-ring (bicyclic) bond motifs is 4. The molecule has 0 amide bonds. The van der Waals surface area contributed by atoms with Crippen LogP contribution in [0.1, 0.15) is 27.8 Å². The van der Waals surface area contributed by atoms with E-state index < -0.39 is 0 Å². The zero-order valence-corrected chi connectivity index (χ0v) is 34.9. The van der Waals surface area contributed by atoms with E-state index in [1.807, 2.05) is 54.9 Å². The molecule has 1 radical (unpaired) electrons. The summed E-state index contributed by atoms with van der Waals surface area (Å²) in [5, 5.41) is 0. The van der Waals surface area contributed by atoms with Gasteiger partial charge in [-0.2, -0.15) is 0 Å². The van der Waals surface area contributed by atoms with E-state index in [0.29, 0.717) is 0 Å². The molecule has 6 aromatic carbocycles. The van der Waals surface area contributed by atoms with Crippen molar-refractivity contribution >= 4 is 23.1 Å². The molecule has 4 nitrogen and oxygen atoms in total. The van der Waals surface area contributed by atoms with E-state index >= 15 is 0 Å². The SMILES string of the molecule is Cc1cccc(C)c1-c1ccc(-c2[c-]ccc3c2Oc2cccc4c2B3c2ccccc2O4)nc1.Cc1cnc(-c2[c-]cc(C)c(-c3ccccc3)c2)cc1C.[Ir]. The van der Waals surface area contributed by atoms with Crippen molar-refractivity contribution < 1.29 is 29.6 Å². The molecule has 0 saturated carbocycles. The van der Waals surface area contributed by atoms with Crippen LogP contribution in [0, 0.1) is 46.8 Å². The number of ether oxygens (including phenoxy) is 2. The number of benzene rings is 6. The molecule has 57 heavy (non-hydrogen) atoms. The Morgan fingerprint density at radius 3 is 1.98 bits per heavy atom. The van der Waals surface area contributed by atoms with Crippen molar-refractivity contribution in [2.24, 2.45) is 0 Å². The quantitative estimate of drug-likeness (QED) is 0.130. The van der Waals surface area contributed by atoms with Crippen molar-refractivity contribution in [1.29, 1.82) is 0 Å². The summed E-state index contributed by atoms with van der Waals surface area (Å²) in [6.07, 6.45) is 3.89. The van der Waals surface area contributed by atoms with Gasteiger partial charge in [0.2, 0.25) is 6.71 Å². The number of para-hydroxylation sites is 1. The van der Waals surface area contributed by atoms with Gasteiger partial charge in [-0.1, -0.05) is 115 Å². The van der Waals surface area contributed by atoms with E-state index in [2.05, 4.69) is 143 Å². The smallest absolute Gasteiger partial charge is 0.241 e. The third-order valence-electron chi connectivity index (χ3n) is 10.9. The van der Waals surface area contributed by atoms with Crippen molar-refractivity contribution in [3.05, 3.63) is 186 Å². The zero-order valence-electron chi connectivity index (χ0n) is 32.5. The molecule has 10 rings (SSSR count). The molecule has 0 saturated heterocycles. The van der Waals surface area contributed by atoms with Gasteiger partial charge in [0.05, 0.1) is 0 Å². The number of rotatable bonds is 4. The first-order valence-corrected chi connectivity index (χ1v) is 19.0. The van der Waals surface area contributed by atoms with Crippen LogP contribution >= 0.6 is 0 Å². The van der Waals surface area contributed by atoms with Crippen molar-refractivity contribution in [1.82, 2.24) is 9.97 Å². The van der Waals surface area contributed by atoms with Crippen molar-refractivity contribution in [2.45, 2.75) is 34.6 Å². The molecule has 6 heteroatoms. The Balaban J connectivity index is 0.000000178. The molecule has 4 heterocycles. The summed E-state index contributed by atoms with van der Waals surface area (Å²) >= 11 is 0. The summed E-state index contributed by atoms with van der Waals surface area (Å²) in [6.45, 7) is 10.6. The van der Waals surface area contributed by atoms with Gasteiger partial charge >= 0.3 is 0 Å². The number of hydrogen-bond donors (Lipinski definition) is 0. The average Bonchev–Trinajstić information content (AvgIpc) is 3.22. The van der Waals surface area contributed by atoms with E-state index in [1.54, 1.807) is 0 Å². The summed E-state index contributed by atoms with van der Waals surface area (Å²) in [6, 6.07) is 52.5. The molecule has 0 spiro atoms. The second-order valence-electron chi connectivity index (χ2n) is 14.6. The molecule has 2 aliphatic heterocycles. The fraction of sp³-hybridized carbons (Fsp3) is 0.0980. The molecule has 0 unspecified atom stereocenters. The summed E-state index contributed by atoms with van der Waals surface area (Å²) in [5.74, 6) is 3.37. The number of pyridine rings is 2. The maximum atomic E-state index is 6.53. The summed E-state index contributed by atoms with van der Waals surface area (Å²) in [7, 11) is 0. The molecule has 279 valence electrons. The van der Waals surface area contributed by atoms with Crippen LogP contribution < -0.4 is 25.9 Å². The summed E-state index contributed by atoms with van der Waals surface area (Å²) < 4.78 is 12.8. The van der Waals surface area contributed by atoms with Crippen LogP contribution in [0.3, 0.4) is 0 Å². The Morgan fingerprint density at radius 2 is 1.23 bits per heavy atom. The number of nitrogens with zero attached hydrogens (tertiary/aromatic N) is 2.